The zero-order chi connectivity index (χ0) is 18.2. The average Bonchev–Trinajstić information content (AvgIpc) is 2.61. The molecule has 1 aliphatic rings. The van der Waals surface area contributed by atoms with Crippen LogP contribution in [0.3, 0.4) is 0 Å². The molecule has 1 heterocycles. The predicted octanol–water partition coefficient (Wildman–Crippen LogP) is 1.81. The highest BCUT2D eigenvalue weighted by Crippen LogP contribution is 2.15. The first-order valence-electron chi connectivity index (χ1n) is 8.32. The number of hydrogen-bond donors (Lipinski definition) is 0. The third-order valence-electron chi connectivity index (χ3n) is 4.11. The van der Waals surface area contributed by atoms with Crippen molar-refractivity contribution in [3.8, 4) is 0 Å². The maximum atomic E-state index is 12.1. The quantitative estimate of drug-likeness (QED) is 0.759. The van der Waals surface area contributed by atoms with Gasteiger partial charge in [-0.1, -0.05) is 30.3 Å². The van der Waals surface area contributed by atoms with Crippen molar-refractivity contribution in [3.05, 3.63) is 35.9 Å². The van der Waals surface area contributed by atoms with E-state index < -0.39 is 5.97 Å². The number of piperidine rings is 1. The second kappa shape index (κ2) is 9.05. The van der Waals surface area contributed by atoms with Crippen molar-refractivity contribution < 1.29 is 23.9 Å². The number of esters is 1. The summed E-state index contributed by atoms with van der Waals surface area (Å²) in [6, 6.07) is 9.50. The Balaban J connectivity index is 1.69. The van der Waals surface area contributed by atoms with E-state index in [2.05, 4.69) is 0 Å². The molecule has 0 atom stereocenters. The van der Waals surface area contributed by atoms with Crippen molar-refractivity contribution in [2.45, 2.75) is 32.5 Å². The van der Waals surface area contributed by atoms with Gasteiger partial charge in [-0.25, -0.2) is 4.79 Å². The Morgan fingerprint density at radius 2 is 1.80 bits per heavy atom. The lowest BCUT2D eigenvalue weighted by molar-refractivity contribution is -0.154. The largest absolute Gasteiger partial charge is 0.461 e. The first-order valence-corrected chi connectivity index (χ1v) is 8.32. The van der Waals surface area contributed by atoms with Crippen LogP contribution in [0.1, 0.15) is 25.3 Å². The lowest BCUT2D eigenvalue weighted by Crippen LogP contribution is -2.42. The van der Waals surface area contributed by atoms with Crippen molar-refractivity contribution in [1.29, 1.82) is 0 Å². The molecule has 0 aromatic heterocycles. The van der Waals surface area contributed by atoms with Crippen LogP contribution in [0.25, 0.3) is 0 Å². The van der Waals surface area contributed by atoms with E-state index in [1.807, 2.05) is 30.3 Å². The molecule has 0 bridgehead atoms. The van der Waals surface area contributed by atoms with Gasteiger partial charge in [0.25, 0.3) is 0 Å². The fraction of sp³-hybridized carbons (Fsp3) is 0.500. The van der Waals surface area contributed by atoms with Crippen LogP contribution in [0.15, 0.2) is 30.3 Å². The lowest BCUT2D eigenvalue weighted by atomic mass is 10.1. The number of carbonyl (C=O) groups is 3. The fourth-order valence-electron chi connectivity index (χ4n) is 2.49. The summed E-state index contributed by atoms with van der Waals surface area (Å²) in [4.78, 5) is 37.9. The van der Waals surface area contributed by atoms with Gasteiger partial charge in [0.05, 0.1) is 0 Å². The fourth-order valence-corrected chi connectivity index (χ4v) is 2.49. The summed E-state index contributed by atoms with van der Waals surface area (Å²) in [5.74, 6) is -0.615. The van der Waals surface area contributed by atoms with E-state index in [1.165, 1.54) is 11.8 Å². The average molecular weight is 348 g/mol. The Morgan fingerprint density at radius 1 is 1.16 bits per heavy atom. The minimum Gasteiger partial charge on any atom is -0.461 e. The molecule has 1 aromatic carbocycles. The van der Waals surface area contributed by atoms with Gasteiger partial charge in [0, 0.05) is 39.9 Å². The monoisotopic (exact) mass is 348 g/mol. The maximum absolute atomic E-state index is 12.1. The Bertz CT molecular complexity index is 597. The number of likely N-dealkylation sites (tertiary alicyclic amines) is 1. The second-order valence-electron chi connectivity index (χ2n) is 6.09. The number of carbonyl (C=O) groups excluding carboxylic acids is 3. The molecule has 0 spiro atoms. The van der Waals surface area contributed by atoms with Crippen molar-refractivity contribution in [1.82, 2.24) is 9.80 Å². The molecule has 7 nitrogen and oxygen atoms in total. The molecular formula is C18H24N2O5. The van der Waals surface area contributed by atoms with Crippen LogP contribution in [0.4, 0.5) is 4.79 Å². The molecule has 1 aromatic rings. The second-order valence-corrected chi connectivity index (χ2v) is 6.09. The molecule has 1 fully saturated rings. The number of amides is 2. The minimum absolute atomic E-state index is 0.0608. The van der Waals surface area contributed by atoms with E-state index >= 15 is 0 Å². The number of benzene rings is 1. The van der Waals surface area contributed by atoms with E-state index in [-0.39, 0.29) is 31.3 Å². The van der Waals surface area contributed by atoms with Gasteiger partial charge in [0.2, 0.25) is 5.91 Å². The van der Waals surface area contributed by atoms with E-state index in [9.17, 15) is 14.4 Å². The highest BCUT2D eigenvalue weighted by molar-refractivity contribution is 5.80. The maximum Gasteiger partial charge on any atom is 0.410 e. The Labute approximate surface area is 147 Å². The Kier molecular flexibility index (Phi) is 6.80. The standard InChI is InChI=1S/C18H24N2O5/c1-14(21)19(2)12-17(22)25-16-8-10-20(11-9-16)18(23)24-13-15-6-4-3-5-7-15/h3-7,16H,8-13H2,1-2H3. The zero-order valence-electron chi connectivity index (χ0n) is 14.6. The molecule has 2 amide bonds. The van der Waals surface area contributed by atoms with Crippen LogP contribution in [0.2, 0.25) is 0 Å². The highest BCUT2D eigenvalue weighted by atomic mass is 16.6. The first kappa shape index (κ1) is 18.8. The van der Waals surface area contributed by atoms with E-state index in [0.717, 1.165) is 5.56 Å². The summed E-state index contributed by atoms with van der Waals surface area (Å²) < 4.78 is 10.7. The highest BCUT2D eigenvalue weighted by Gasteiger charge is 2.26. The summed E-state index contributed by atoms with van der Waals surface area (Å²) in [5.41, 5.74) is 0.939. The molecule has 2 rings (SSSR count). The number of likely N-dealkylation sites (N-methyl/N-ethyl adjacent to an activating group) is 1. The normalized spacial score (nSPS) is 14.7. The lowest BCUT2D eigenvalue weighted by Gasteiger charge is -2.31. The summed E-state index contributed by atoms with van der Waals surface area (Å²) >= 11 is 0. The van der Waals surface area contributed by atoms with Gasteiger partial charge in [-0.3, -0.25) is 9.59 Å². The summed E-state index contributed by atoms with van der Waals surface area (Å²) in [5, 5.41) is 0. The summed E-state index contributed by atoms with van der Waals surface area (Å²) in [6.07, 6.45) is 0.544. The van der Waals surface area contributed by atoms with Crippen molar-refractivity contribution in [2.75, 3.05) is 26.7 Å². The molecule has 1 aliphatic heterocycles. The van der Waals surface area contributed by atoms with Gasteiger partial charge in [-0.2, -0.15) is 0 Å². The van der Waals surface area contributed by atoms with Gasteiger partial charge in [-0.15, -0.1) is 0 Å². The van der Waals surface area contributed by atoms with Gasteiger partial charge >= 0.3 is 12.1 Å². The van der Waals surface area contributed by atoms with Crippen LogP contribution in [-0.4, -0.2) is 60.6 Å². The number of hydrogen-bond acceptors (Lipinski definition) is 5. The van der Waals surface area contributed by atoms with Crippen molar-refractivity contribution >= 4 is 18.0 Å². The number of ether oxygens (including phenoxy) is 2. The minimum atomic E-state index is -0.428. The van der Waals surface area contributed by atoms with E-state index in [1.54, 1.807) is 11.9 Å². The van der Waals surface area contributed by atoms with Gasteiger partial charge < -0.3 is 19.3 Å². The number of nitrogens with zero attached hydrogens (tertiary/aromatic N) is 2. The van der Waals surface area contributed by atoms with Crippen molar-refractivity contribution in [3.63, 3.8) is 0 Å². The van der Waals surface area contributed by atoms with Crippen LogP contribution in [0.5, 0.6) is 0 Å². The smallest absolute Gasteiger partial charge is 0.410 e. The molecule has 0 unspecified atom stereocenters. The van der Waals surface area contributed by atoms with Gasteiger partial charge in [-0.05, 0) is 5.56 Å². The van der Waals surface area contributed by atoms with Crippen LogP contribution in [-0.2, 0) is 25.7 Å². The summed E-state index contributed by atoms with van der Waals surface area (Å²) in [7, 11) is 1.55. The Morgan fingerprint density at radius 3 is 2.40 bits per heavy atom. The third kappa shape index (κ3) is 6.10. The van der Waals surface area contributed by atoms with Gasteiger partial charge in [0.1, 0.15) is 19.3 Å². The molecule has 0 aliphatic carbocycles. The molecule has 1 saturated heterocycles. The summed E-state index contributed by atoms with van der Waals surface area (Å²) in [6.45, 7) is 2.54. The zero-order valence-corrected chi connectivity index (χ0v) is 14.6. The van der Waals surface area contributed by atoms with Crippen molar-refractivity contribution in [2.24, 2.45) is 0 Å². The molecule has 0 saturated carbocycles. The first-order chi connectivity index (χ1) is 12.0. The van der Waals surface area contributed by atoms with Gasteiger partial charge in [0.15, 0.2) is 0 Å². The third-order valence-corrected chi connectivity index (χ3v) is 4.11. The van der Waals surface area contributed by atoms with Crippen LogP contribution < -0.4 is 0 Å². The molecule has 136 valence electrons. The predicted molar refractivity (Wildman–Crippen MR) is 90.6 cm³/mol. The van der Waals surface area contributed by atoms with Crippen LogP contribution >= 0.6 is 0 Å². The molecule has 0 radical (unpaired) electrons. The van der Waals surface area contributed by atoms with E-state index in [4.69, 9.17) is 9.47 Å². The molecule has 7 heteroatoms. The molecular weight excluding hydrogens is 324 g/mol. The molecule has 0 N–H and O–H groups in total. The topological polar surface area (TPSA) is 76.2 Å². The number of rotatable bonds is 5. The van der Waals surface area contributed by atoms with Crippen LogP contribution in [0, 0.1) is 0 Å². The SMILES string of the molecule is CC(=O)N(C)CC(=O)OC1CCN(C(=O)OCc2ccccc2)CC1. The Hall–Kier alpha value is -2.57. The van der Waals surface area contributed by atoms with E-state index in [0.29, 0.717) is 25.9 Å². The molecule has 25 heavy (non-hydrogen) atoms.